The lowest BCUT2D eigenvalue weighted by Gasteiger charge is -2.49. The van der Waals surface area contributed by atoms with Crippen molar-refractivity contribution in [2.75, 3.05) is 26.3 Å². The number of aromatic nitrogens is 1. The Morgan fingerprint density at radius 3 is 2.87 bits per heavy atom. The molecule has 0 aromatic carbocycles. The summed E-state index contributed by atoms with van der Waals surface area (Å²) < 4.78 is 5.49. The van der Waals surface area contributed by atoms with Crippen LogP contribution in [0, 0.1) is 5.92 Å². The van der Waals surface area contributed by atoms with E-state index >= 15 is 0 Å². The SMILES string of the molecule is O=C1[C@H]2C[C@H](CCN2C2CCOCC2)CN1Cc1ccccn1. The number of rotatable bonds is 3. The molecule has 23 heavy (non-hydrogen) atoms. The van der Waals surface area contributed by atoms with Crippen LogP contribution in [-0.4, -0.2) is 59.1 Å². The van der Waals surface area contributed by atoms with Crippen LogP contribution in [0.4, 0.5) is 0 Å². The highest BCUT2D eigenvalue weighted by atomic mass is 16.5. The van der Waals surface area contributed by atoms with Gasteiger partial charge in [0.2, 0.25) is 5.91 Å². The van der Waals surface area contributed by atoms with E-state index in [9.17, 15) is 4.79 Å². The number of carbonyl (C=O) groups excluding carboxylic acids is 1. The van der Waals surface area contributed by atoms with E-state index in [1.165, 1.54) is 6.42 Å². The third-order valence-electron chi connectivity index (χ3n) is 5.57. The van der Waals surface area contributed by atoms with Crippen molar-refractivity contribution in [3.63, 3.8) is 0 Å². The molecule has 5 heteroatoms. The fourth-order valence-corrected chi connectivity index (χ4v) is 4.36. The first kappa shape index (κ1) is 15.1. The van der Waals surface area contributed by atoms with E-state index in [2.05, 4.69) is 9.88 Å². The maximum atomic E-state index is 13.0. The van der Waals surface area contributed by atoms with Crippen molar-refractivity contribution < 1.29 is 9.53 Å². The van der Waals surface area contributed by atoms with Gasteiger partial charge in [0.15, 0.2) is 0 Å². The van der Waals surface area contributed by atoms with Crippen molar-refractivity contribution in [1.82, 2.24) is 14.8 Å². The zero-order valence-corrected chi connectivity index (χ0v) is 13.6. The average molecular weight is 315 g/mol. The van der Waals surface area contributed by atoms with Crippen LogP contribution < -0.4 is 0 Å². The number of hydrogen-bond acceptors (Lipinski definition) is 4. The number of piperidine rings is 2. The summed E-state index contributed by atoms with van der Waals surface area (Å²) in [5.74, 6) is 0.954. The molecule has 124 valence electrons. The van der Waals surface area contributed by atoms with Crippen molar-refractivity contribution in [1.29, 1.82) is 0 Å². The van der Waals surface area contributed by atoms with Crippen LogP contribution in [0.3, 0.4) is 0 Å². The molecular weight excluding hydrogens is 290 g/mol. The topological polar surface area (TPSA) is 45.7 Å². The monoisotopic (exact) mass is 315 g/mol. The Morgan fingerprint density at radius 1 is 1.22 bits per heavy atom. The highest BCUT2D eigenvalue weighted by molar-refractivity contribution is 5.83. The standard InChI is InChI=1S/C18H25N3O2/c22-18-17-11-14(4-8-21(17)16-5-9-23-10-6-16)12-20(18)13-15-3-1-2-7-19-15/h1-3,7,14,16-17H,4-6,8-13H2/t14-,17+/m0/s1. The van der Waals surface area contributed by atoms with Crippen LogP contribution in [0.5, 0.6) is 0 Å². The summed E-state index contributed by atoms with van der Waals surface area (Å²) in [6.45, 7) is 4.29. The molecule has 4 rings (SSSR count). The highest BCUT2D eigenvalue weighted by Crippen LogP contribution is 2.33. The summed E-state index contributed by atoms with van der Waals surface area (Å²) in [6, 6.07) is 6.52. The molecule has 0 radical (unpaired) electrons. The lowest BCUT2D eigenvalue weighted by molar-refractivity contribution is -0.149. The van der Waals surface area contributed by atoms with Gasteiger partial charge in [-0.2, -0.15) is 0 Å². The molecule has 3 aliphatic heterocycles. The van der Waals surface area contributed by atoms with Crippen LogP contribution in [0.2, 0.25) is 0 Å². The van der Waals surface area contributed by atoms with E-state index < -0.39 is 0 Å². The lowest BCUT2D eigenvalue weighted by atomic mass is 9.84. The number of likely N-dealkylation sites (tertiary alicyclic amines) is 2. The van der Waals surface area contributed by atoms with E-state index in [0.717, 1.165) is 51.3 Å². The molecular formula is C18H25N3O2. The molecule has 2 atom stereocenters. The Labute approximate surface area is 137 Å². The fourth-order valence-electron chi connectivity index (χ4n) is 4.36. The largest absolute Gasteiger partial charge is 0.381 e. The molecule has 1 aromatic heterocycles. The van der Waals surface area contributed by atoms with Crippen molar-refractivity contribution in [2.24, 2.45) is 5.92 Å². The number of hydrogen-bond donors (Lipinski definition) is 0. The minimum absolute atomic E-state index is 0.0781. The van der Waals surface area contributed by atoms with Crippen LogP contribution in [-0.2, 0) is 16.1 Å². The first-order chi connectivity index (χ1) is 11.3. The van der Waals surface area contributed by atoms with Gasteiger partial charge in [-0.05, 0) is 50.3 Å². The van der Waals surface area contributed by atoms with Crippen molar-refractivity contribution in [2.45, 2.75) is 44.3 Å². The summed E-state index contributed by atoms with van der Waals surface area (Å²) >= 11 is 0. The third kappa shape index (κ3) is 3.12. The van der Waals surface area contributed by atoms with Gasteiger partial charge in [-0.15, -0.1) is 0 Å². The smallest absolute Gasteiger partial charge is 0.240 e. The lowest BCUT2D eigenvalue weighted by Crippen LogP contribution is -2.61. The van der Waals surface area contributed by atoms with Gasteiger partial charge in [0.25, 0.3) is 0 Å². The van der Waals surface area contributed by atoms with E-state index in [0.29, 0.717) is 24.4 Å². The molecule has 0 N–H and O–H groups in total. The van der Waals surface area contributed by atoms with Crippen LogP contribution in [0.15, 0.2) is 24.4 Å². The number of ether oxygens (including phenoxy) is 1. The van der Waals surface area contributed by atoms with Gasteiger partial charge < -0.3 is 9.64 Å². The van der Waals surface area contributed by atoms with E-state index in [1.54, 1.807) is 6.20 Å². The summed E-state index contributed by atoms with van der Waals surface area (Å²) in [5.41, 5.74) is 0.985. The van der Waals surface area contributed by atoms with E-state index in [1.807, 2.05) is 23.1 Å². The van der Waals surface area contributed by atoms with E-state index in [-0.39, 0.29) is 6.04 Å². The highest BCUT2D eigenvalue weighted by Gasteiger charge is 2.43. The van der Waals surface area contributed by atoms with Crippen molar-refractivity contribution in [3.8, 4) is 0 Å². The quantitative estimate of drug-likeness (QED) is 0.851. The fraction of sp³-hybridized carbons (Fsp3) is 0.667. The average Bonchev–Trinajstić information content (AvgIpc) is 2.61. The number of pyridine rings is 1. The maximum Gasteiger partial charge on any atom is 0.240 e. The minimum Gasteiger partial charge on any atom is -0.381 e. The van der Waals surface area contributed by atoms with Gasteiger partial charge in [-0.25, -0.2) is 0 Å². The van der Waals surface area contributed by atoms with Gasteiger partial charge in [-0.3, -0.25) is 14.7 Å². The summed E-state index contributed by atoms with van der Waals surface area (Å²) in [4.78, 5) is 21.9. The molecule has 4 heterocycles. The van der Waals surface area contributed by atoms with Gasteiger partial charge in [0.1, 0.15) is 0 Å². The molecule has 0 aliphatic carbocycles. The Balaban J connectivity index is 1.48. The van der Waals surface area contributed by atoms with Gasteiger partial charge in [-0.1, -0.05) is 6.07 Å². The molecule has 1 aromatic rings. The predicted octanol–water partition coefficient (Wildman–Crippen LogP) is 1.68. The summed E-state index contributed by atoms with van der Waals surface area (Å²) in [5, 5.41) is 0. The second-order valence-electron chi connectivity index (χ2n) is 7.03. The van der Waals surface area contributed by atoms with Crippen LogP contribution >= 0.6 is 0 Å². The molecule has 5 nitrogen and oxygen atoms in total. The molecule has 1 amide bonds. The zero-order valence-electron chi connectivity index (χ0n) is 13.6. The summed E-state index contributed by atoms with van der Waals surface area (Å²) in [7, 11) is 0. The first-order valence-corrected chi connectivity index (χ1v) is 8.83. The van der Waals surface area contributed by atoms with Crippen molar-refractivity contribution in [3.05, 3.63) is 30.1 Å². The maximum absolute atomic E-state index is 13.0. The number of fused-ring (bicyclic) bond motifs is 2. The normalized spacial score (nSPS) is 29.7. The number of nitrogens with zero attached hydrogens (tertiary/aromatic N) is 3. The Kier molecular flexibility index (Phi) is 4.31. The first-order valence-electron chi connectivity index (χ1n) is 8.83. The van der Waals surface area contributed by atoms with Gasteiger partial charge in [0, 0.05) is 32.0 Å². The third-order valence-corrected chi connectivity index (χ3v) is 5.57. The van der Waals surface area contributed by atoms with Gasteiger partial charge in [0.05, 0.1) is 18.3 Å². The minimum atomic E-state index is 0.0781. The molecule has 0 spiro atoms. The molecule has 3 aliphatic rings. The molecule has 0 saturated carbocycles. The van der Waals surface area contributed by atoms with Crippen molar-refractivity contribution >= 4 is 5.91 Å². The Bertz CT molecular complexity index is 544. The zero-order chi connectivity index (χ0) is 15.6. The van der Waals surface area contributed by atoms with Crippen LogP contribution in [0.25, 0.3) is 0 Å². The van der Waals surface area contributed by atoms with Crippen LogP contribution in [0.1, 0.15) is 31.4 Å². The molecule has 0 unspecified atom stereocenters. The molecule has 3 fully saturated rings. The Hall–Kier alpha value is -1.46. The molecule has 2 bridgehead atoms. The second kappa shape index (κ2) is 6.57. The number of carbonyl (C=O) groups is 1. The number of amides is 1. The van der Waals surface area contributed by atoms with Gasteiger partial charge >= 0.3 is 0 Å². The molecule has 3 saturated heterocycles. The second-order valence-corrected chi connectivity index (χ2v) is 7.03. The summed E-state index contributed by atoms with van der Waals surface area (Å²) in [6.07, 6.45) is 6.18. The predicted molar refractivity (Wildman–Crippen MR) is 86.7 cm³/mol. The Morgan fingerprint density at radius 2 is 2.09 bits per heavy atom. The van der Waals surface area contributed by atoms with E-state index in [4.69, 9.17) is 4.74 Å².